The maximum absolute atomic E-state index is 13.0. The van der Waals surface area contributed by atoms with Crippen molar-refractivity contribution in [2.24, 2.45) is 5.92 Å². The number of aromatic nitrogens is 1. The second-order valence-electron chi connectivity index (χ2n) is 11.4. The maximum Gasteiger partial charge on any atom is 0.318 e. The highest BCUT2D eigenvalue weighted by atomic mass is 16.3. The number of fused-ring (bicyclic) bond motifs is 1. The van der Waals surface area contributed by atoms with E-state index in [-0.39, 0.29) is 35.9 Å². The van der Waals surface area contributed by atoms with Gasteiger partial charge in [-0.3, -0.25) is 9.78 Å². The van der Waals surface area contributed by atoms with Gasteiger partial charge in [0.15, 0.2) is 0 Å². The van der Waals surface area contributed by atoms with E-state index in [4.69, 9.17) is 0 Å². The molecule has 1 aliphatic heterocycles. The third-order valence-corrected chi connectivity index (χ3v) is 7.37. The van der Waals surface area contributed by atoms with Gasteiger partial charge in [0.25, 0.3) is 0 Å². The quantitative estimate of drug-likeness (QED) is 0.452. The van der Waals surface area contributed by atoms with Crippen molar-refractivity contribution in [1.82, 2.24) is 20.5 Å². The predicted octanol–water partition coefficient (Wildman–Crippen LogP) is 4.53. The summed E-state index contributed by atoms with van der Waals surface area (Å²) in [6.45, 7) is 7.35. The van der Waals surface area contributed by atoms with Crippen molar-refractivity contribution in [2.45, 2.75) is 64.8 Å². The molecule has 2 unspecified atom stereocenters. The summed E-state index contributed by atoms with van der Waals surface area (Å²) in [4.78, 5) is 32.2. The molecule has 0 radical (unpaired) electrons. The van der Waals surface area contributed by atoms with Crippen molar-refractivity contribution in [3.8, 4) is 11.1 Å². The van der Waals surface area contributed by atoms with Crippen molar-refractivity contribution in [3.05, 3.63) is 88.7 Å². The molecule has 1 fully saturated rings. The van der Waals surface area contributed by atoms with Crippen molar-refractivity contribution in [3.63, 3.8) is 0 Å². The second-order valence-corrected chi connectivity index (χ2v) is 11.4. The normalized spacial score (nSPS) is 18.5. The average molecular weight is 513 g/mol. The number of nitrogens with one attached hydrogen (secondary N) is 2. The van der Waals surface area contributed by atoms with Crippen LogP contribution in [0.3, 0.4) is 0 Å². The molecule has 3 amide bonds. The Kier molecular flexibility index (Phi) is 7.21. The van der Waals surface area contributed by atoms with Crippen LogP contribution in [0.5, 0.6) is 0 Å². The number of aliphatic hydroxyl groups excluding tert-OH is 1. The number of carbonyl (C=O) groups excluding carboxylic acids is 2. The van der Waals surface area contributed by atoms with Crippen molar-refractivity contribution < 1.29 is 14.7 Å². The van der Waals surface area contributed by atoms with Crippen LogP contribution in [0.25, 0.3) is 11.1 Å². The van der Waals surface area contributed by atoms with Crippen LogP contribution < -0.4 is 10.6 Å². The zero-order valence-corrected chi connectivity index (χ0v) is 22.3. The third kappa shape index (κ3) is 5.73. The van der Waals surface area contributed by atoms with Gasteiger partial charge in [0.1, 0.15) is 0 Å². The van der Waals surface area contributed by atoms with Gasteiger partial charge in [-0.05, 0) is 79.0 Å². The third-order valence-electron chi connectivity index (χ3n) is 7.37. The van der Waals surface area contributed by atoms with Gasteiger partial charge in [-0.15, -0.1) is 0 Å². The lowest BCUT2D eigenvalue weighted by molar-refractivity contribution is -0.122. The van der Waals surface area contributed by atoms with E-state index in [2.05, 4.69) is 33.8 Å². The number of hydrogen-bond donors (Lipinski definition) is 3. The van der Waals surface area contributed by atoms with Crippen LogP contribution in [0.15, 0.2) is 60.9 Å². The van der Waals surface area contributed by atoms with E-state index in [0.29, 0.717) is 26.1 Å². The minimum Gasteiger partial charge on any atom is -0.392 e. The SMILES string of the molecule is CC(C)(C)NC(=O)N1CCc2c(-c3cncc(CO)c3)ccc(CNC(=O)C3CC3c3ccccc3)c2C1. The summed E-state index contributed by atoms with van der Waals surface area (Å²) < 4.78 is 0. The van der Waals surface area contributed by atoms with Gasteiger partial charge in [0.2, 0.25) is 5.91 Å². The molecule has 198 valence electrons. The number of amides is 3. The maximum atomic E-state index is 13.0. The molecule has 7 nitrogen and oxygen atoms in total. The smallest absolute Gasteiger partial charge is 0.318 e. The monoisotopic (exact) mass is 512 g/mol. The van der Waals surface area contributed by atoms with Gasteiger partial charge in [-0.2, -0.15) is 0 Å². The van der Waals surface area contributed by atoms with Crippen molar-refractivity contribution in [2.75, 3.05) is 6.54 Å². The van der Waals surface area contributed by atoms with Gasteiger partial charge in [-0.25, -0.2) is 4.79 Å². The molecule has 7 heteroatoms. The molecule has 38 heavy (non-hydrogen) atoms. The van der Waals surface area contributed by atoms with Gasteiger partial charge < -0.3 is 20.6 Å². The minimum atomic E-state index is -0.327. The van der Waals surface area contributed by atoms with Crippen LogP contribution >= 0.6 is 0 Å². The molecule has 0 saturated heterocycles. The fourth-order valence-electron chi connectivity index (χ4n) is 5.34. The van der Waals surface area contributed by atoms with Gasteiger partial charge in [0, 0.05) is 49.0 Å². The molecule has 1 aliphatic carbocycles. The van der Waals surface area contributed by atoms with E-state index < -0.39 is 0 Å². The summed E-state index contributed by atoms with van der Waals surface area (Å²) in [6.07, 6.45) is 5.05. The molecule has 1 aromatic heterocycles. The summed E-state index contributed by atoms with van der Waals surface area (Å²) in [6, 6.07) is 16.2. The van der Waals surface area contributed by atoms with Crippen molar-refractivity contribution in [1.29, 1.82) is 0 Å². The summed E-state index contributed by atoms with van der Waals surface area (Å²) in [7, 11) is 0. The number of nitrogens with zero attached hydrogens (tertiary/aromatic N) is 2. The highest BCUT2D eigenvalue weighted by molar-refractivity contribution is 5.83. The number of carbonyl (C=O) groups is 2. The van der Waals surface area contributed by atoms with Crippen LogP contribution in [0.4, 0.5) is 4.79 Å². The van der Waals surface area contributed by atoms with Crippen LogP contribution in [0, 0.1) is 5.92 Å². The Bertz CT molecular complexity index is 1330. The number of rotatable bonds is 6. The number of hydrogen-bond acceptors (Lipinski definition) is 4. The molecule has 1 saturated carbocycles. The summed E-state index contributed by atoms with van der Waals surface area (Å²) in [5.74, 6) is 0.374. The van der Waals surface area contributed by atoms with Crippen LogP contribution in [0.2, 0.25) is 0 Å². The standard InChI is InChI=1S/C31H36N4O3/c1-31(2,3)34-30(38)35-12-11-25-24(23-13-20(19-36)15-32-16-23)10-9-22(28(25)18-35)17-33-29(37)27-14-26(27)21-7-5-4-6-8-21/h4-10,13,15-16,26-27,36H,11-12,14,17-19H2,1-3H3,(H,33,37)(H,34,38). The number of benzene rings is 2. The lowest BCUT2D eigenvalue weighted by Gasteiger charge is -2.34. The first-order valence-corrected chi connectivity index (χ1v) is 13.3. The Morgan fingerprint density at radius 2 is 1.87 bits per heavy atom. The van der Waals surface area contributed by atoms with Crippen LogP contribution in [-0.4, -0.2) is 39.0 Å². The fraction of sp³-hybridized carbons (Fsp3) is 0.387. The van der Waals surface area contributed by atoms with E-state index in [9.17, 15) is 14.7 Å². The van der Waals surface area contributed by atoms with E-state index in [1.54, 1.807) is 6.20 Å². The zero-order valence-electron chi connectivity index (χ0n) is 22.3. The summed E-state index contributed by atoms with van der Waals surface area (Å²) in [5.41, 5.74) is 6.91. The number of urea groups is 1. The highest BCUT2D eigenvalue weighted by Crippen LogP contribution is 2.47. The van der Waals surface area contributed by atoms with Crippen LogP contribution in [-0.2, 0) is 30.9 Å². The van der Waals surface area contributed by atoms with Crippen LogP contribution in [0.1, 0.15) is 60.9 Å². The Morgan fingerprint density at radius 3 is 2.61 bits per heavy atom. The van der Waals surface area contributed by atoms with E-state index >= 15 is 0 Å². The lowest BCUT2D eigenvalue weighted by Crippen LogP contribution is -2.50. The van der Waals surface area contributed by atoms with E-state index in [1.165, 1.54) is 11.1 Å². The van der Waals surface area contributed by atoms with Gasteiger partial charge in [0.05, 0.1) is 6.61 Å². The molecular weight excluding hydrogens is 476 g/mol. The molecular formula is C31H36N4O3. The Balaban J connectivity index is 1.38. The summed E-state index contributed by atoms with van der Waals surface area (Å²) >= 11 is 0. The average Bonchev–Trinajstić information content (AvgIpc) is 3.72. The first-order chi connectivity index (χ1) is 18.2. The van der Waals surface area contributed by atoms with E-state index in [0.717, 1.165) is 34.2 Å². The second kappa shape index (κ2) is 10.6. The molecule has 0 spiro atoms. The Labute approximate surface area is 224 Å². The van der Waals surface area contributed by atoms with Gasteiger partial charge in [-0.1, -0.05) is 42.5 Å². The van der Waals surface area contributed by atoms with Crippen molar-refractivity contribution >= 4 is 11.9 Å². The molecule has 3 aromatic rings. The highest BCUT2D eigenvalue weighted by Gasteiger charge is 2.43. The fourth-order valence-corrected chi connectivity index (χ4v) is 5.34. The topological polar surface area (TPSA) is 94.6 Å². The van der Waals surface area contributed by atoms with Gasteiger partial charge >= 0.3 is 6.03 Å². The first kappa shape index (κ1) is 25.9. The Morgan fingerprint density at radius 1 is 1.08 bits per heavy atom. The minimum absolute atomic E-state index is 0.00820. The molecule has 5 rings (SSSR count). The number of pyridine rings is 1. The summed E-state index contributed by atoms with van der Waals surface area (Å²) in [5, 5.41) is 15.9. The predicted molar refractivity (Wildman–Crippen MR) is 147 cm³/mol. The molecule has 2 aliphatic rings. The van der Waals surface area contributed by atoms with E-state index in [1.807, 2.05) is 62.2 Å². The Hall–Kier alpha value is -3.71. The molecule has 2 atom stereocenters. The molecule has 3 N–H and O–H groups in total. The molecule has 0 bridgehead atoms. The molecule has 2 aromatic carbocycles. The zero-order chi connectivity index (χ0) is 26.9. The largest absolute Gasteiger partial charge is 0.392 e. The number of aliphatic hydroxyl groups is 1. The first-order valence-electron chi connectivity index (χ1n) is 13.3. The molecule has 2 heterocycles. The lowest BCUT2D eigenvalue weighted by atomic mass is 9.87.